The van der Waals surface area contributed by atoms with Crippen molar-refractivity contribution in [1.29, 1.82) is 0 Å². The summed E-state index contributed by atoms with van der Waals surface area (Å²) in [4.78, 5) is 13.1. The predicted molar refractivity (Wildman–Crippen MR) is 87.7 cm³/mol. The molecule has 0 aromatic carbocycles. The van der Waals surface area contributed by atoms with Gasteiger partial charge in [0.15, 0.2) is 0 Å². The summed E-state index contributed by atoms with van der Waals surface area (Å²) < 4.78 is 45.6. The Balaban J connectivity index is 1.53. The van der Waals surface area contributed by atoms with Crippen LogP contribution < -0.4 is 9.80 Å². The molecule has 0 N–H and O–H groups in total. The Labute approximate surface area is 145 Å². The first-order valence-electron chi connectivity index (χ1n) is 8.95. The lowest BCUT2D eigenvalue weighted by molar-refractivity contribution is -0.225. The number of morpholine rings is 1. The van der Waals surface area contributed by atoms with Gasteiger partial charge in [-0.05, 0) is 30.7 Å². The molecule has 1 spiro atoms. The highest BCUT2D eigenvalue weighted by atomic mass is 19.4. The fourth-order valence-electron chi connectivity index (χ4n) is 4.44. The van der Waals surface area contributed by atoms with Gasteiger partial charge in [-0.15, -0.1) is 0 Å². The van der Waals surface area contributed by atoms with E-state index >= 15 is 0 Å². The van der Waals surface area contributed by atoms with E-state index < -0.39 is 17.5 Å². The standard InChI is InChI=1S/C17H23F3N4O/c18-17(19,20)13-3-7-24(12-16(13)4-1-5-16)14-2-6-21-15(22-14)23-8-10-25-11-9-23/h2,6,13H,1,3-5,7-12H2. The highest BCUT2D eigenvalue weighted by Crippen LogP contribution is 2.56. The van der Waals surface area contributed by atoms with E-state index in [1.165, 1.54) is 0 Å². The summed E-state index contributed by atoms with van der Waals surface area (Å²) in [5, 5.41) is 0. The molecule has 1 unspecified atom stereocenters. The summed E-state index contributed by atoms with van der Waals surface area (Å²) in [6.07, 6.45) is -0.0264. The average Bonchev–Trinajstić information content (AvgIpc) is 2.60. The fourth-order valence-corrected chi connectivity index (χ4v) is 4.44. The Morgan fingerprint density at radius 2 is 1.88 bits per heavy atom. The molecule has 3 fully saturated rings. The molecule has 1 aromatic heterocycles. The normalized spacial score (nSPS) is 26.6. The van der Waals surface area contributed by atoms with Crippen molar-refractivity contribution in [3.05, 3.63) is 12.3 Å². The number of hydrogen-bond donors (Lipinski definition) is 0. The van der Waals surface area contributed by atoms with Crippen molar-refractivity contribution in [2.45, 2.75) is 31.9 Å². The molecule has 8 heteroatoms. The van der Waals surface area contributed by atoms with Crippen molar-refractivity contribution in [2.24, 2.45) is 11.3 Å². The number of alkyl halides is 3. The molecule has 3 heterocycles. The van der Waals surface area contributed by atoms with Gasteiger partial charge in [0.2, 0.25) is 5.95 Å². The molecule has 138 valence electrons. The Morgan fingerprint density at radius 1 is 1.12 bits per heavy atom. The molecule has 4 rings (SSSR count). The minimum atomic E-state index is -4.10. The highest BCUT2D eigenvalue weighted by Gasteiger charge is 2.58. The van der Waals surface area contributed by atoms with Crippen LogP contribution in [-0.2, 0) is 4.74 Å². The minimum absolute atomic E-state index is 0.153. The van der Waals surface area contributed by atoms with Crippen LogP contribution in [0.2, 0.25) is 0 Å². The van der Waals surface area contributed by atoms with Crippen LogP contribution in [0.4, 0.5) is 24.9 Å². The summed E-state index contributed by atoms with van der Waals surface area (Å²) in [6, 6.07) is 1.81. The van der Waals surface area contributed by atoms with Gasteiger partial charge >= 0.3 is 6.18 Å². The van der Waals surface area contributed by atoms with Crippen molar-refractivity contribution in [3.8, 4) is 0 Å². The SMILES string of the molecule is FC(F)(F)C1CCN(c2ccnc(N3CCOCC3)n2)CC12CCC2. The fraction of sp³-hybridized carbons (Fsp3) is 0.765. The van der Waals surface area contributed by atoms with E-state index in [0.29, 0.717) is 45.1 Å². The molecule has 0 amide bonds. The first-order chi connectivity index (χ1) is 12.0. The van der Waals surface area contributed by atoms with Gasteiger partial charge in [0.1, 0.15) is 5.82 Å². The number of anilines is 2. The van der Waals surface area contributed by atoms with Gasteiger partial charge in [-0.25, -0.2) is 4.98 Å². The van der Waals surface area contributed by atoms with Crippen LogP contribution in [0, 0.1) is 11.3 Å². The van der Waals surface area contributed by atoms with E-state index in [1.807, 2.05) is 11.0 Å². The molecule has 1 aromatic rings. The average molecular weight is 356 g/mol. The maximum absolute atomic E-state index is 13.4. The largest absolute Gasteiger partial charge is 0.392 e. The zero-order valence-electron chi connectivity index (χ0n) is 14.1. The molecular formula is C17H23F3N4O. The molecule has 25 heavy (non-hydrogen) atoms. The van der Waals surface area contributed by atoms with Crippen molar-refractivity contribution in [1.82, 2.24) is 9.97 Å². The number of piperidine rings is 1. The monoisotopic (exact) mass is 356 g/mol. The third kappa shape index (κ3) is 3.16. The van der Waals surface area contributed by atoms with Gasteiger partial charge in [-0.2, -0.15) is 18.2 Å². The van der Waals surface area contributed by atoms with Crippen LogP contribution in [0.3, 0.4) is 0 Å². The Hall–Kier alpha value is -1.57. The molecule has 1 aliphatic carbocycles. The molecule has 2 saturated heterocycles. The number of hydrogen-bond acceptors (Lipinski definition) is 5. The topological polar surface area (TPSA) is 41.5 Å². The second kappa shape index (κ2) is 6.30. The maximum Gasteiger partial charge on any atom is 0.392 e. The number of nitrogens with zero attached hydrogens (tertiary/aromatic N) is 4. The third-order valence-electron chi connectivity index (χ3n) is 5.92. The van der Waals surface area contributed by atoms with Crippen molar-refractivity contribution in [3.63, 3.8) is 0 Å². The van der Waals surface area contributed by atoms with Gasteiger partial charge in [0.05, 0.1) is 19.1 Å². The second-order valence-electron chi connectivity index (χ2n) is 7.33. The summed E-state index contributed by atoms with van der Waals surface area (Å²) in [5.41, 5.74) is -0.624. The van der Waals surface area contributed by atoms with Crippen LogP contribution in [-0.4, -0.2) is 55.5 Å². The van der Waals surface area contributed by atoms with E-state index in [4.69, 9.17) is 4.74 Å². The lowest BCUT2D eigenvalue weighted by atomic mass is 9.58. The quantitative estimate of drug-likeness (QED) is 0.815. The first-order valence-corrected chi connectivity index (χ1v) is 8.95. The highest BCUT2D eigenvalue weighted by molar-refractivity contribution is 5.45. The van der Waals surface area contributed by atoms with Crippen molar-refractivity contribution < 1.29 is 17.9 Å². The Kier molecular flexibility index (Phi) is 4.25. The van der Waals surface area contributed by atoms with Crippen LogP contribution in [0.25, 0.3) is 0 Å². The van der Waals surface area contributed by atoms with Gasteiger partial charge < -0.3 is 14.5 Å². The number of ether oxygens (including phenoxy) is 1. The number of halogens is 3. The maximum atomic E-state index is 13.4. The predicted octanol–water partition coefficient (Wildman–Crippen LogP) is 2.87. The lowest BCUT2D eigenvalue weighted by Crippen LogP contribution is -2.57. The summed E-state index contributed by atoms with van der Waals surface area (Å²) >= 11 is 0. The number of rotatable bonds is 2. The van der Waals surface area contributed by atoms with Crippen molar-refractivity contribution in [2.75, 3.05) is 49.2 Å². The molecule has 1 saturated carbocycles. The molecule has 2 aliphatic heterocycles. The minimum Gasteiger partial charge on any atom is -0.378 e. The smallest absolute Gasteiger partial charge is 0.378 e. The molecule has 0 radical (unpaired) electrons. The van der Waals surface area contributed by atoms with Crippen LogP contribution in [0.1, 0.15) is 25.7 Å². The van der Waals surface area contributed by atoms with E-state index in [2.05, 4.69) is 14.9 Å². The van der Waals surface area contributed by atoms with Gasteiger partial charge in [0.25, 0.3) is 0 Å². The Morgan fingerprint density at radius 3 is 2.52 bits per heavy atom. The zero-order valence-corrected chi connectivity index (χ0v) is 14.1. The van der Waals surface area contributed by atoms with E-state index in [0.717, 1.165) is 25.3 Å². The third-order valence-corrected chi connectivity index (χ3v) is 5.92. The van der Waals surface area contributed by atoms with E-state index in [9.17, 15) is 13.2 Å². The van der Waals surface area contributed by atoms with Crippen LogP contribution in [0.15, 0.2) is 12.3 Å². The molecule has 0 bridgehead atoms. The number of aromatic nitrogens is 2. The Bertz CT molecular complexity index is 614. The lowest BCUT2D eigenvalue weighted by Gasteiger charge is -2.54. The summed E-state index contributed by atoms with van der Waals surface area (Å²) in [7, 11) is 0. The molecule has 3 aliphatic rings. The summed E-state index contributed by atoms with van der Waals surface area (Å²) in [6.45, 7) is 3.61. The van der Waals surface area contributed by atoms with E-state index in [1.54, 1.807) is 6.20 Å². The van der Waals surface area contributed by atoms with Gasteiger partial charge in [0, 0.05) is 32.4 Å². The molecule has 1 atom stereocenters. The summed E-state index contributed by atoms with van der Waals surface area (Å²) in [5.74, 6) is 0.204. The van der Waals surface area contributed by atoms with Crippen molar-refractivity contribution >= 4 is 11.8 Å². The van der Waals surface area contributed by atoms with E-state index in [-0.39, 0.29) is 6.42 Å². The van der Waals surface area contributed by atoms with Crippen LogP contribution in [0.5, 0.6) is 0 Å². The molecule has 5 nitrogen and oxygen atoms in total. The zero-order chi connectivity index (χ0) is 17.5. The van der Waals surface area contributed by atoms with Gasteiger partial charge in [-0.1, -0.05) is 6.42 Å². The molecular weight excluding hydrogens is 333 g/mol. The second-order valence-corrected chi connectivity index (χ2v) is 7.33. The first kappa shape index (κ1) is 16.9. The van der Waals surface area contributed by atoms with Gasteiger partial charge in [-0.3, -0.25) is 0 Å². The van der Waals surface area contributed by atoms with Crippen LogP contribution >= 0.6 is 0 Å².